The molecule has 0 aromatic heterocycles. The van der Waals surface area contributed by atoms with Crippen molar-refractivity contribution in [1.82, 2.24) is 10.2 Å². The molecule has 0 radical (unpaired) electrons. The summed E-state index contributed by atoms with van der Waals surface area (Å²) in [5.74, 6) is 0.503. The van der Waals surface area contributed by atoms with Crippen LogP contribution in [0.4, 0.5) is 4.39 Å². The number of carbonyl (C=O) groups excluding carboxylic acids is 2. The van der Waals surface area contributed by atoms with Crippen LogP contribution in [0.25, 0.3) is 0 Å². The summed E-state index contributed by atoms with van der Waals surface area (Å²) < 4.78 is 23.7. The summed E-state index contributed by atoms with van der Waals surface area (Å²) in [6.45, 7) is 1.56. The number of hydrogen-bond donors (Lipinski definition) is 1. The van der Waals surface area contributed by atoms with Crippen molar-refractivity contribution in [3.63, 3.8) is 0 Å². The molecule has 1 fully saturated rings. The maximum Gasteiger partial charge on any atom is 0.253 e. The van der Waals surface area contributed by atoms with Crippen molar-refractivity contribution in [3.8, 4) is 11.5 Å². The smallest absolute Gasteiger partial charge is 0.253 e. The topological polar surface area (TPSA) is 67.9 Å². The Morgan fingerprint density at radius 1 is 1.11 bits per heavy atom. The van der Waals surface area contributed by atoms with Gasteiger partial charge in [-0.25, -0.2) is 4.39 Å². The highest BCUT2D eigenvalue weighted by atomic mass is 19.1. The molecular weight excluding hydrogens is 363 g/mol. The molecule has 2 aliphatic rings. The molecular formula is C21H21FN2O4. The van der Waals surface area contributed by atoms with Crippen LogP contribution in [0.3, 0.4) is 0 Å². The van der Waals surface area contributed by atoms with Gasteiger partial charge in [0.05, 0.1) is 5.92 Å². The van der Waals surface area contributed by atoms with E-state index in [-0.39, 0.29) is 30.3 Å². The number of rotatable bonds is 4. The fourth-order valence-corrected chi connectivity index (χ4v) is 3.54. The van der Waals surface area contributed by atoms with Crippen molar-refractivity contribution in [3.05, 3.63) is 59.4 Å². The van der Waals surface area contributed by atoms with Crippen LogP contribution in [0, 0.1) is 11.7 Å². The highest BCUT2D eigenvalue weighted by Crippen LogP contribution is 2.32. The lowest BCUT2D eigenvalue weighted by Crippen LogP contribution is -2.45. The van der Waals surface area contributed by atoms with E-state index in [1.807, 2.05) is 18.2 Å². The SMILES string of the molecule is O=C(NCc1ccc2c(c1)OCO2)C1CCCN(C(=O)c2ccc(F)cc2)C1. The van der Waals surface area contributed by atoms with Gasteiger partial charge in [0.2, 0.25) is 12.7 Å². The van der Waals surface area contributed by atoms with Crippen molar-refractivity contribution in [2.24, 2.45) is 5.92 Å². The normalized spacial score (nSPS) is 18.0. The maximum absolute atomic E-state index is 13.1. The second-order valence-corrected chi connectivity index (χ2v) is 7.00. The monoisotopic (exact) mass is 384 g/mol. The first-order valence-electron chi connectivity index (χ1n) is 9.31. The van der Waals surface area contributed by atoms with E-state index in [1.54, 1.807) is 4.90 Å². The number of fused-ring (bicyclic) bond motifs is 1. The van der Waals surface area contributed by atoms with Gasteiger partial charge in [-0.2, -0.15) is 0 Å². The lowest BCUT2D eigenvalue weighted by Gasteiger charge is -2.32. The van der Waals surface area contributed by atoms with E-state index in [1.165, 1.54) is 24.3 Å². The molecule has 1 unspecified atom stereocenters. The first-order chi connectivity index (χ1) is 13.6. The summed E-state index contributed by atoms with van der Waals surface area (Å²) in [4.78, 5) is 26.9. The molecule has 0 saturated carbocycles. The molecule has 0 bridgehead atoms. The average Bonchev–Trinajstić information content (AvgIpc) is 3.20. The first-order valence-corrected chi connectivity index (χ1v) is 9.31. The van der Waals surface area contributed by atoms with Crippen molar-refractivity contribution >= 4 is 11.8 Å². The average molecular weight is 384 g/mol. The van der Waals surface area contributed by atoms with E-state index in [0.29, 0.717) is 36.7 Å². The minimum absolute atomic E-state index is 0.0747. The van der Waals surface area contributed by atoms with Crippen LogP contribution in [0.2, 0.25) is 0 Å². The largest absolute Gasteiger partial charge is 0.454 e. The molecule has 7 heteroatoms. The van der Waals surface area contributed by atoms with Crippen LogP contribution in [0.15, 0.2) is 42.5 Å². The maximum atomic E-state index is 13.1. The van der Waals surface area contributed by atoms with Gasteiger partial charge < -0.3 is 19.7 Å². The molecule has 0 spiro atoms. The van der Waals surface area contributed by atoms with Crippen molar-refractivity contribution in [1.29, 1.82) is 0 Å². The zero-order valence-electron chi connectivity index (χ0n) is 15.3. The second-order valence-electron chi connectivity index (χ2n) is 7.00. The molecule has 2 aliphatic heterocycles. The molecule has 2 aromatic rings. The summed E-state index contributed by atoms with van der Waals surface area (Å²) in [7, 11) is 0. The highest BCUT2D eigenvalue weighted by Gasteiger charge is 2.29. The summed E-state index contributed by atoms with van der Waals surface area (Å²) in [5.41, 5.74) is 1.36. The van der Waals surface area contributed by atoms with Crippen LogP contribution < -0.4 is 14.8 Å². The van der Waals surface area contributed by atoms with E-state index in [4.69, 9.17) is 9.47 Å². The Labute approximate surface area is 162 Å². The number of halogens is 1. The number of piperidine rings is 1. The summed E-state index contributed by atoms with van der Waals surface area (Å²) in [6.07, 6.45) is 1.50. The van der Waals surface area contributed by atoms with E-state index in [2.05, 4.69) is 5.32 Å². The number of benzene rings is 2. The number of carbonyl (C=O) groups is 2. The molecule has 146 valence electrons. The molecule has 6 nitrogen and oxygen atoms in total. The molecule has 1 N–H and O–H groups in total. The van der Waals surface area contributed by atoms with Gasteiger partial charge in [0, 0.05) is 25.2 Å². The molecule has 2 amide bonds. The third-order valence-electron chi connectivity index (χ3n) is 5.07. The van der Waals surface area contributed by atoms with E-state index in [9.17, 15) is 14.0 Å². The third kappa shape index (κ3) is 3.93. The Morgan fingerprint density at radius 3 is 2.71 bits per heavy atom. The Hall–Kier alpha value is -3.09. The molecule has 28 heavy (non-hydrogen) atoms. The summed E-state index contributed by atoms with van der Waals surface area (Å²) >= 11 is 0. The quantitative estimate of drug-likeness (QED) is 0.880. The van der Waals surface area contributed by atoms with Crippen LogP contribution in [-0.2, 0) is 11.3 Å². The Balaban J connectivity index is 1.34. The first kappa shape index (κ1) is 18.3. The number of amides is 2. The fourth-order valence-electron chi connectivity index (χ4n) is 3.54. The van der Waals surface area contributed by atoms with Crippen LogP contribution >= 0.6 is 0 Å². The van der Waals surface area contributed by atoms with Crippen molar-refractivity contribution in [2.45, 2.75) is 19.4 Å². The van der Waals surface area contributed by atoms with Gasteiger partial charge in [0.1, 0.15) is 5.82 Å². The Bertz CT molecular complexity index is 884. The zero-order chi connectivity index (χ0) is 19.5. The van der Waals surface area contributed by atoms with Crippen LogP contribution in [-0.4, -0.2) is 36.6 Å². The number of likely N-dealkylation sites (tertiary alicyclic amines) is 1. The van der Waals surface area contributed by atoms with Gasteiger partial charge in [-0.15, -0.1) is 0 Å². The summed E-state index contributed by atoms with van der Waals surface area (Å²) in [6, 6.07) is 11.1. The minimum atomic E-state index is -0.379. The molecule has 2 aromatic carbocycles. The van der Waals surface area contributed by atoms with Gasteiger partial charge >= 0.3 is 0 Å². The van der Waals surface area contributed by atoms with Gasteiger partial charge in [-0.1, -0.05) is 6.07 Å². The predicted octanol–water partition coefficient (Wildman–Crippen LogP) is 2.72. The Morgan fingerprint density at radius 2 is 1.89 bits per heavy atom. The minimum Gasteiger partial charge on any atom is -0.454 e. The van der Waals surface area contributed by atoms with Gasteiger partial charge in [-0.05, 0) is 54.8 Å². The molecule has 1 saturated heterocycles. The van der Waals surface area contributed by atoms with E-state index >= 15 is 0 Å². The van der Waals surface area contributed by atoms with Crippen molar-refractivity contribution < 1.29 is 23.5 Å². The van der Waals surface area contributed by atoms with Gasteiger partial charge in [0.15, 0.2) is 11.5 Å². The highest BCUT2D eigenvalue weighted by molar-refractivity contribution is 5.94. The van der Waals surface area contributed by atoms with Crippen LogP contribution in [0.5, 0.6) is 11.5 Å². The lowest BCUT2D eigenvalue weighted by atomic mass is 9.96. The number of nitrogens with zero attached hydrogens (tertiary/aromatic N) is 1. The Kier molecular flexibility index (Phi) is 5.14. The van der Waals surface area contributed by atoms with E-state index < -0.39 is 0 Å². The van der Waals surface area contributed by atoms with Gasteiger partial charge in [-0.3, -0.25) is 9.59 Å². The molecule has 4 rings (SSSR count). The zero-order valence-corrected chi connectivity index (χ0v) is 15.3. The number of ether oxygens (including phenoxy) is 2. The number of nitrogens with one attached hydrogen (secondary N) is 1. The van der Waals surface area contributed by atoms with Gasteiger partial charge in [0.25, 0.3) is 5.91 Å². The van der Waals surface area contributed by atoms with Crippen LogP contribution in [0.1, 0.15) is 28.8 Å². The van der Waals surface area contributed by atoms with Crippen molar-refractivity contribution in [2.75, 3.05) is 19.9 Å². The molecule has 0 aliphatic carbocycles. The van der Waals surface area contributed by atoms with E-state index in [0.717, 1.165) is 18.4 Å². The molecule has 2 heterocycles. The standard InChI is InChI=1S/C21H21FN2O4/c22-17-6-4-15(5-7-17)21(26)24-9-1-2-16(12-24)20(25)23-11-14-3-8-18-19(10-14)28-13-27-18/h3-8,10,16H,1-2,9,11-13H2,(H,23,25). The third-order valence-corrected chi connectivity index (χ3v) is 5.07. The lowest BCUT2D eigenvalue weighted by molar-refractivity contribution is -0.126. The predicted molar refractivity (Wildman–Crippen MR) is 99.4 cm³/mol. The summed E-state index contributed by atoms with van der Waals surface area (Å²) in [5, 5.41) is 2.94. The molecule has 1 atom stereocenters. The second kappa shape index (κ2) is 7.88. The number of hydrogen-bond acceptors (Lipinski definition) is 4. The fraction of sp³-hybridized carbons (Fsp3) is 0.333.